The number of allylic oxidation sites excluding steroid dienone is 9. The van der Waals surface area contributed by atoms with E-state index in [1.165, 1.54) is 33.0 Å². The molecule has 0 bridgehead atoms. The van der Waals surface area contributed by atoms with Crippen molar-refractivity contribution in [3.8, 4) is 16.8 Å². The second-order valence-corrected chi connectivity index (χ2v) is 12.0. The van der Waals surface area contributed by atoms with E-state index < -0.39 is 0 Å². The van der Waals surface area contributed by atoms with Crippen molar-refractivity contribution in [3.63, 3.8) is 0 Å². The lowest BCUT2D eigenvalue weighted by molar-refractivity contribution is 1.16. The van der Waals surface area contributed by atoms with Crippen LogP contribution in [-0.2, 0) is 0 Å². The van der Waals surface area contributed by atoms with Crippen LogP contribution < -0.4 is 11.5 Å². The van der Waals surface area contributed by atoms with Crippen molar-refractivity contribution in [2.24, 2.45) is 11.5 Å². The molecule has 0 fully saturated rings. The van der Waals surface area contributed by atoms with Gasteiger partial charge < -0.3 is 16.0 Å². The van der Waals surface area contributed by atoms with Gasteiger partial charge in [0, 0.05) is 22.7 Å². The Labute approximate surface area is 290 Å². The van der Waals surface area contributed by atoms with Crippen LogP contribution >= 0.6 is 0 Å². The first-order valence-corrected chi connectivity index (χ1v) is 16.9. The monoisotopic (exact) mass is 637 g/mol. The first-order valence-electron chi connectivity index (χ1n) is 16.9. The lowest BCUT2D eigenvalue weighted by Crippen LogP contribution is -1.95. The normalized spacial score (nSPS) is 13.1. The average molecular weight is 638 g/mol. The number of benzene rings is 5. The summed E-state index contributed by atoms with van der Waals surface area (Å²) < 4.78 is 2.36. The highest BCUT2D eigenvalue weighted by molar-refractivity contribution is 6.10. The van der Waals surface area contributed by atoms with E-state index >= 15 is 0 Å². The number of nitrogens with zero attached hydrogens (tertiary/aromatic N) is 1. The van der Waals surface area contributed by atoms with E-state index in [2.05, 4.69) is 176 Å². The number of aromatic nitrogens is 1. The lowest BCUT2D eigenvalue weighted by Gasteiger charge is -2.10. The lowest BCUT2D eigenvalue weighted by atomic mass is 9.97. The van der Waals surface area contributed by atoms with Crippen LogP contribution in [0.15, 0.2) is 176 Å². The molecule has 0 spiro atoms. The molecule has 0 saturated heterocycles. The van der Waals surface area contributed by atoms with Crippen molar-refractivity contribution in [2.75, 3.05) is 0 Å². The Morgan fingerprint density at radius 2 is 1.35 bits per heavy atom. The molecule has 6 rings (SSSR count). The number of para-hydroxylation sites is 1. The highest BCUT2D eigenvalue weighted by Gasteiger charge is 2.14. The molecule has 242 valence electrons. The van der Waals surface area contributed by atoms with E-state index in [1.807, 2.05) is 6.08 Å². The SMILES string of the molecule is C/C=C\C(=C/c1ccc2c3ccc(C(/C=C\CC(/C=C\N)=C/CC)=C/N)cc3n(-c3ccccc3)c2c1)c1cccc(-c2ccccc2)c1. The Morgan fingerprint density at radius 3 is 2.06 bits per heavy atom. The minimum absolute atomic E-state index is 0.785. The van der Waals surface area contributed by atoms with E-state index in [1.54, 1.807) is 12.4 Å². The molecule has 0 unspecified atom stereocenters. The van der Waals surface area contributed by atoms with Gasteiger partial charge in [-0.15, -0.1) is 0 Å². The van der Waals surface area contributed by atoms with Gasteiger partial charge in [0.1, 0.15) is 0 Å². The topological polar surface area (TPSA) is 57.0 Å². The van der Waals surface area contributed by atoms with Crippen molar-refractivity contribution in [1.29, 1.82) is 0 Å². The molecular formula is C46H43N3. The van der Waals surface area contributed by atoms with Gasteiger partial charge in [-0.2, -0.15) is 0 Å². The molecular weight excluding hydrogens is 595 g/mol. The van der Waals surface area contributed by atoms with E-state index in [4.69, 9.17) is 11.5 Å². The van der Waals surface area contributed by atoms with Crippen LogP contribution in [0, 0.1) is 0 Å². The molecule has 0 aliphatic heterocycles. The van der Waals surface area contributed by atoms with Crippen molar-refractivity contribution in [1.82, 2.24) is 4.57 Å². The Bertz CT molecular complexity index is 2240. The first kappa shape index (κ1) is 32.9. The molecule has 1 aromatic heterocycles. The van der Waals surface area contributed by atoms with Crippen molar-refractivity contribution in [2.45, 2.75) is 26.7 Å². The molecule has 3 heteroatoms. The molecule has 0 aliphatic carbocycles. The van der Waals surface area contributed by atoms with E-state index in [0.717, 1.165) is 51.8 Å². The van der Waals surface area contributed by atoms with Crippen molar-refractivity contribution >= 4 is 39.0 Å². The number of rotatable bonds is 11. The third kappa shape index (κ3) is 7.42. The molecule has 5 aromatic carbocycles. The van der Waals surface area contributed by atoms with Gasteiger partial charge in [0.2, 0.25) is 0 Å². The van der Waals surface area contributed by atoms with Crippen LogP contribution in [0.5, 0.6) is 0 Å². The van der Waals surface area contributed by atoms with Crippen LogP contribution in [0.4, 0.5) is 0 Å². The summed E-state index contributed by atoms with van der Waals surface area (Å²) in [5, 5.41) is 2.40. The number of fused-ring (bicyclic) bond motifs is 3. The summed E-state index contributed by atoms with van der Waals surface area (Å²) in [6, 6.07) is 43.3. The highest BCUT2D eigenvalue weighted by Crippen LogP contribution is 2.35. The first-order chi connectivity index (χ1) is 24.1. The maximum Gasteiger partial charge on any atom is 0.0547 e. The second-order valence-electron chi connectivity index (χ2n) is 12.0. The van der Waals surface area contributed by atoms with E-state index in [-0.39, 0.29) is 0 Å². The minimum Gasteiger partial charge on any atom is -0.405 e. The maximum absolute atomic E-state index is 6.21. The molecule has 1 heterocycles. The summed E-state index contributed by atoms with van der Waals surface area (Å²) >= 11 is 0. The summed E-state index contributed by atoms with van der Waals surface area (Å²) in [5.74, 6) is 0. The fourth-order valence-electron chi connectivity index (χ4n) is 6.43. The molecule has 0 saturated carbocycles. The maximum atomic E-state index is 6.21. The van der Waals surface area contributed by atoms with E-state index in [9.17, 15) is 0 Å². The molecule has 0 aliphatic rings. The Hall–Kier alpha value is -6.06. The zero-order chi connectivity index (χ0) is 34.0. The van der Waals surface area contributed by atoms with Crippen molar-refractivity contribution < 1.29 is 0 Å². The fraction of sp³-hybridized carbons (Fsp3) is 0.0870. The minimum atomic E-state index is 0.785. The predicted octanol–water partition coefficient (Wildman–Crippen LogP) is 11.6. The average Bonchev–Trinajstić information content (AvgIpc) is 3.47. The van der Waals surface area contributed by atoms with Crippen LogP contribution in [-0.4, -0.2) is 4.57 Å². The van der Waals surface area contributed by atoms with Gasteiger partial charge in [-0.05, 0) is 113 Å². The zero-order valence-electron chi connectivity index (χ0n) is 28.3. The summed E-state index contributed by atoms with van der Waals surface area (Å²) in [4.78, 5) is 0. The van der Waals surface area contributed by atoms with Gasteiger partial charge in [-0.25, -0.2) is 0 Å². The van der Waals surface area contributed by atoms with Crippen LogP contribution in [0.3, 0.4) is 0 Å². The zero-order valence-corrected chi connectivity index (χ0v) is 28.3. The summed E-state index contributed by atoms with van der Waals surface area (Å²) in [5.41, 5.74) is 24.4. The van der Waals surface area contributed by atoms with Crippen LogP contribution in [0.25, 0.3) is 55.8 Å². The fourth-order valence-corrected chi connectivity index (χ4v) is 6.43. The third-order valence-electron chi connectivity index (χ3n) is 8.72. The van der Waals surface area contributed by atoms with Gasteiger partial charge in [0.15, 0.2) is 0 Å². The second kappa shape index (κ2) is 15.7. The Morgan fingerprint density at radius 1 is 0.653 bits per heavy atom. The van der Waals surface area contributed by atoms with Gasteiger partial charge >= 0.3 is 0 Å². The standard InChI is InChI=1S/C46H43N3/c1-3-13-34(27-28-47)15-11-20-41(33-48)40-24-26-44-43-25-23-35(30-45(43)49(46(44)32-40)42-21-9-6-10-22-42)29-37(14-4-2)39-19-12-18-38(31-39)36-16-7-5-8-17-36/h4-14,16-33H,3,15,47-48H2,1-2H3/b14-4-,20-11-,28-27-,34-13-,37-29+,41-33+. The Kier molecular flexibility index (Phi) is 10.5. The summed E-state index contributed by atoms with van der Waals surface area (Å²) in [6.07, 6.45) is 20.0. The largest absolute Gasteiger partial charge is 0.405 e. The molecule has 3 nitrogen and oxygen atoms in total. The van der Waals surface area contributed by atoms with Gasteiger partial charge in [0.05, 0.1) is 11.0 Å². The predicted molar refractivity (Wildman–Crippen MR) is 213 cm³/mol. The Balaban J connectivity index is 1.45. The molecule has 6 aromatic rings. The van der Waals surface area contributed by atoms with Gasteiger partial charge in [0.25, 0.3) is 0 Å². The third-order valence-corrected chi connectivity index (χ3v) is 8.72. The molecule has 4 N–H and O–H groups in total. The van der Waals surface area contributed by atoms with Crippen molar-refractivity contribution in [3.05, 3.63) is 192 Å². The van der Waals surface area contributed by atoms with Crippen LogP contribution in [0.2, 0.25) is 0 Å². The number of hydrogen-bond donors (Lipinski definition) is 2. The van der Waals surface area contributed by atoms with Gasteiger partial charge in [-0.3, -0.25) is 0 Å². The van der Waals surface area contributed by atoms with E-state index in [0.29, 0.717) is 0 Å². The molecule has 49 heavy (non-hydrogen) atoms. The quantitative estimate of drug-likeness (QED) is 0.110. The van der Waals surface area contributed by atoms with Gasteiger partial charge in [-0.1, -0.05) is 128 Å². The molecule has 0 radical (unpaired) electrons. The smallest absolute Gasteiger partial charge is 0.0547 e. The number of hydrogen-bond acceptors (Lipinski definition) is 2. The molecule has 0 atom stereocenters. The molecule has 0 amide bonds. The van der Waals surface area contributed by atoms with Crippen LogP contribution in [0.1, 0.15) is 43.4 Å². The number of nitrogens with two attached hydrogens (primary N) is 2. The summed E-state index contributed by atoms with van der Waals surface area (Å²) in [7, 11) is 0. The highest BCUT2D eigenvalue weighted by atomic mass is 15.0. The summed E-state index contributed by atoms with van der Waals surface area (Å²) in [6.45, 7) is 4.20.